The van der Waals surface area contributed by atoms with E-state index in [1.807, 2.05) is 13.0 Å². The first-order chi connectivity index (χ1) is 13.4. The summed E-state index contributed by atoms with van der Waals surface area (Å²) in [4.78, 5) is 32.4. The Bertz CT molecular complexity index is 1050. The minimum Gasteiger partial charge on any atom is -0.351 e. The predicted octanol–water partition coefficient (Wildman–Crippen LogP) is 4.04. The van der Waals surface area contributed by atoms with Crippen LogP contribution >= 0.6 is 11.6 Å². The summed E-state index contributed by atoms with van der Waals surface area (Å²) < 4.78 is 0. The van der Waals surface area contributed by atoms with Crippen LogP contribution in [0.25, 0.3) is 10.9 Å². The number of aromatic amines is 1. The number of H-pyrrole nitrogens is 1. The summed E-state index contributed by atoms with van der Waals surface area (Å²) in [5.74, 6) is -0.0488. The predicted molar refractivity (Wildman–Crippen MR) is 111 cm³/mol. The first-order valence-corrected chi connectivity index (χ1v) is 9.74. The molecule has 1 aromatic heterocycles. The molecule has 1 N–H and O–H groups in total. The van der Waals surface area contributed by atoms with Crippen LogP contribution in [0.15, 0.2) is 42.5 Å². The average molecular weight is 396 g/mol. The molecule has 1 fully saturated rings. The van der Waals surface area contributed by atoms with Crippen LogP contribution in [0.1, 0.15) is 32.0 Å². The van der Waals surface area contributed by atoms with Crippen molar-refractivity contribution in [1.82, 2.24) is 14.8 Å². The summed E-state index contributed by atoms with van der Waals surface area (Å²) in [6, 6.07) is 13.0. The number of carbonyl (C=O) groups excluding carboxylic acids is 2. The van der Waals surface area contributed by atoms with E-state index >= 15 is 0 Å². The third-order valence-corrected chi connectivity index (χ3v) is 5.52. The lowest BCUT2D eigenvalue weighted by atomic mass is 10.1. The van der Waals surface area contributed by atoms with E-state index in [-0.39, 0.29) is 11.8 Å². The topological polar surface area (TPSA) is 56.4 Å². The molecule has 0 radical (unpaired) electrons. The molecule has 5 nitrogen and oxygen atoms in total. The van der Waals surface area contributed by atoms with Crippen molar-refractivity contribution in [3.63, 3.8) is 0 Å². The highest BCUT2D eigenvalue weighted by Gasteiger charge is 2.26. The van der Waals surface area contributed by atoms with Crippen molar-refractivity contribution in [1.29, 1.82) is 0 Å². The van der Waals surface area contributed by atoms with Gasteiger partial charge in [-0.3, -0.25) is 9.59 Å². The van der Waals surface area contributed by atoms with E-state index in [0.717, 1.165) is 16.5 Å². The second-order valence-electron chi connectivity index (χ2n) is 7.32. The van der Waals surface area contributed by atoms with Gasteiger partial charge < -0.3 is 14.8 Å². The number of halogens is 1. The van der Waals surface area contributed by atoms with Crippen molar-refractivity contribution in [3.8, 4) is 0 Å². The Hall–Kier alpha value is -2.79. The van der Waals surface area contributed by atoms with Gasteiger partial charge >= 0.3 is 0 Å². The monoisotopic (exact) mass is 395 g/mol. The fourth-order valence-corrected chi connectivity index (χ4v) is 3.90. The van der Waals surface area contributed by atoms with E-state index in [1.165, 1.54) is 5.56 Å². The first-order valence-electron chi connectivity index (χ1n) is 9.36. The minimum absolute atomic E-state index is 0.0214. The fourth-order valence-electron chi connectivity index (χ4n) is 3.77. The lowest BCUT2D eigenvalue weighted by molar-refractivity contribution is 0.0533. The Morgan fingerprint density at radius 2 is 1.50 bits per heavy atom. The number of carbonyl (C=O) groups is 2. The molecular formula is C22H22ClN3O2. The maximum atomic E-state index is 12.9. The molecule has 0 bridgehead atoms. The zero-order valence-corrected chi connectivity index (χ0v) is 16.7. The Balaban J connectivity index is 1.45. The summed E-state index contributed by atoms with van der Waals surface area (Å²) in [5, 5.41) is 1.68. The third-order valence-electron chi connectivity index (χ3n) is 5.26. The first kappa shape index (κ1) is 18.6. The lowest BCUT2D eigenvalue weighted by Gasteiger charge is -2.34. The summed E-state index contributed by atoms with van der Waals surface area (Å²) in [6.07, 6.45) is 0. The quantitative estimate of drug-likeness (QED) is 0.712. The lowest BCUT2D eigenvalue weighted by Crippen LogP contribution is -2.50. The zero-order chi connectivity index (χ0) is 19.8. The Kier molecular flexibility index (Phi) is 4.85. The van der Waals surface area contributed by atoms with Crippen LogP contribution in [0.3, 0.4) is 0 Å². The summed E-state index contributed by atoms with van der Waals surface area (Å²) in [7, 11) is 0. The van der Waals surface area contributed by atoms with Crippen LogP contribution in [-0.4, -0.2) is 52.8 Å². The van der Waals surface area contributed by atoms with Gasteiger partial charge in [-0.05, 0) is 61.4 Å². The van der Waals surface area contributed by atoms with Crippen molar-refractivity contribution in [3.05, 3.63) is 69.9 Å². The SMILES string of the molecule is Cc1cc(C)c2cc(C(=O)N3CCN(C(=O)c4ccc(Cl)cc4)CC3)[nH]c2c1. The van der Waals surface area contributed by atoms with Gasteiger partial charge in [-0.1, -0.05) is 17.7 Å². The van der Waals surface area contributed by atoms with E-state index in [9.17, 15) is 9.59 Å². The van der Waals surface area contributed by atoms with Crippen molar-refractivity contribution in [2.75, 3.05) is 26.2 Å². The van der Waals surface area contributed by atoms with Crippen molar-refractivity contribution < 1.29 is 9.59 Å². The van der Waals surface area contributed by atoms with Crippen LogP contribution in [0.4, 0.5) is 0 Å². The van der Waals surface area contributed by atoms with Gasteiger partial charge in [0.2, 0.25) is 0 Å². The van der Waals surface area contributed by atoms with Crippen molar-refractivity contribution in [2.24, 2.45) is 0 Å². The number of aryl methyl sites for hydroxylation is 2. The third kappa shape index (κ3) is 3.50. The van der Waals surface area contributed by atoms with Gasteiger partial charge in [-0.2, -0.15) is 0 Å². The van der Waals surface area contributed by atoms with Gasteiger partial charge in [0.05, 0.1) is 0 Å². The summed E-state index contributed by atoms with van der Waals surface area (Å²) in [5.41, 5.74) is 4.52. The molecule has 144 valence electrons. The van der Waals surface area contributed by atoms with E-state index in [1.54, 1.807) is 34.1 Å². The number of amides is 2. The van der Waals surface area contributed by atoms with Crippen molar-refractivity contribution >= 4 is 34.3 Å². The molecule has 0 saturated carbocycles. The molecule has 4 rings (SSSR count). The molecule has 2 amide bonds. The van der Waals surface area contributed by atoms with Crippen LogP contribution in [0, 0.1) is 13.8 Å². The second kappa shape index (κ2) is 7.32. The normalized spacial score (nSPS) is 14.5. The highest BCUT2D eigenvalue weighted by molar-refractivity contribution is 6.30. The fraction of sp³-hybridized carbons (Fsp3) is 0.273. The number of nitrogens with zero attached hydrogens (tertiary/aromatic N) is 2. The smallest absolute Gasteiger partial charge is 0.270 e. The standard InChI is InChI=1S/C22H22ClN3O2/c1-14-11-15(2)18-13-20(24-19(18)12-14)22(28)26-9-7-25(8-10-26)21(27)16-3-5-17(23)6-4-16/h3-6,11-13,24H,7-10H2,1-2H3. The van der Waals surface area contributed by atoms with E-state index in [0.29, 0.717) is 42.5 Å². The molecule has 0 atom stereocenters. The molecule has 1 aliphatic heterocycles. The number of fused-ring (bicyclic) bond motifs is 1. The van der Waals surface area contributed by atoms with Gasteiger partial charge in [0.15, 0.2) is 0 Å². The maximum Gasteiger partial charge on any atom is 0.270 e. The molecule has 2 aromatic carbocycles. The maximum absolute atomic E-state index is 12.9. The van der Waals surface area contributed by atoms with Crippen molar-refractivity contribution in [2.45, 2.75) is 13.8 Å². The number of aromatic nitrogens is 1. The Labute approximate surface area is 168 Å². The minimum atomic E-state index is -0.0273. The molecule has 1 saturated heterocycles. The molecule has 28 heavy (non-hydrogen) atoms. The van der Waals surface area contributed by atoms with Crippen LogP contribution in [0.2, 0.25) is 5.02 Å². The largest absolute Gasteiger partial charge is 0.351 e. The summed E-state index contributed by atoms with van der Waals surface area (Å²) in [6.45, 7) is 6.18. The van der Waals surface area contributed by atoms with Gasteiger partial charge in [0, 0.05) is 47.7 Å². The summed E-state index contributed by atoms with van der Waals surface area (Å²) >= 11 is 5.89. The molecule has 0 unspecified atom stereocenters. The van der Waals surface area contributed by atoms with Gasteiger partial charge in [0.1, 0.15) is 5.69 Å². The number of nitrogens with one attached hydrogen (secondary N) is 1. The number of benzene rings is 2. The average Bonchev–Trinajstić information content (AvgIpc) is 3.12. The van der Waals surface area contributed by atoms with Gasteiger partial charge in [-0.15, -0.1) is 0 Å². The van der Waals surface area contributed by atoms with E-state index in [2.05, 4.69) is 24.0 Å². The number of hydrogen-bond acceptors (Lipinski definition) is 2. The number of hydrogen-bond donors (Lipinski definition) is 1. The molecule has 2 heterocycles. The Morgan fingerprint density at radius 3 is 2.14 bits per heavy atom. The highest BCUT2D eigenvalue weighted by Crippen LogP contribution is 2.22. The van der Waals surface area contributed by atoms with E-state index < -0.39 is 0 Å². The molecule has 6 heteroatoms. The molecule has 0 aliphatic carbocycles. The van der Waals surface area contributed by atoms with Gasteiger partial charge in [-0.25, -0.2) is 0 Å². The number of rotatable bonds is 2. The molecule has 1 aliphatic rings. The van der Waals surface area contributed by atoms with Gasteiger partial charge in [0.25, 0.3) is 11.8 Å². The highest BCUT2D eigenvalue weighted by atomic mass is 35.5. The van der Waals surface area contributed by atoms with Crippen LogP contribution in [-0.2, 0) is 0 Å². The second-order valence-corrected chi connectivity index (χ2v) is 7.75. The number of piperazine rings is 1. The van der Waals surface area contributed by atoms with E-state index in [4.69, 9.17) is 11.6 Å². The molecular weight excluding hydrogens is 374 g/mol. The van der Waals surface area contributed by atoms with Crippen LogP contribution < -0.4 is 0 Å². The molecule has 3 aromatic rings. The molecule has 0 spiro atoms. The zero-order valence-electron chi connectivity index (χ0n) is 16.0. The Morgan fingerprint density at radius 1 is 0.893 bits per heavy atom. The van der Waals surface area contributed by atoms with Crippen LogP contribution in [0.5, 0.6) is 0 Å².